The monoisotopic (exact) mass is 113 g/mol. The molecule has 47 valence electrons. The molecule has 1 rings (SSSR count). The molecule has 0 aliphatic heterocycles. The van der Waals surface area contributed by atoms with Crippen LogP contribution in [0.3, 0.4) is 0 Å². The van der Waals surface area contributed by atoms with Crippen molar-refractivity contribution < 1.29 is 5.11 Å². The van der Waals surface area contributed by atoms with E-state index in [0.717, 1.165) is 5.92 Å². The van der Waals surface area contributed by atoms with E-state index in [1.807, 2.05) is 0 Å². The summed E-state index contributed by atoms with van der Waals surface area (Å²) in [5, 5.41) is 8.61. The molecule has 0 bridgehead atoms. The topological polar surface area (TPSA) is 20.2 Å². The first-order chi connectivity index (χ1) is 3.84. The molecule has 1 aliphatic rings. The van der Waals surface area contributed by atoms with Gasteiger partial charge in [-0.25, -0.2) is 0 Å². The van der Waals surface area contributed by atoms with E-state index in [0.29, 0.717) is 5.92 Å². The highest BCUT2D eigenvalue weighted by atomic mass is 16.3. The quantitative estimate of drug-likeness (QED) is 0.551. The highest BCUT2D eigenvalue weighted by molar-refractivity contribution is 4.78. The molecule has 1 aliphatic carbocycles. The SMILES string of the molecule is CC1CCCC1[CH]O. The molecule has 0 aromatic rings. The van der Waals surface area contributed by atoms with Crippen LogP contribution in [0.4, 0.5) is 0 Å². The van der Waals surface area contributed by atoms with Gasteiger partial charge in [-0.1, -0.05) is 19.8 Å². The van der Waals surface area contributed by atoms with Crippen molar-refractivity contribution in [3.05, 3.63) is 6.61 Å². The lowest BCUT2D eigenvalue weighted by molar-refractivity contribution is 0.282. The molecule has 1 radical (unpaired) electrons. The first kappa shape index (κ1) is 6.09. The van der Waals surface area contributed by atoms with Gasteiger partial charge in [-0.3, -0.25) is 0 Å². The molecule has 2 unspecified atom stereocenters. The zero-order valence-electron chi connectivity index (χ0n) is 5.30. The van der Waals surface area contributed by atoms with Gasteiger partial charge < -0.3 is 5.11 Å². The maximum atomic E-state index is 8.61. The van der Waals surface area contributed by atoms with Gasteiger partial charge in [0.05, 0.1) is 6.61 Å². The van der Waals surface area contributed by atoms with Crippen LogP contribution in [0, 0.1) is 18.4 Å². The third-order valence-corrected chi connectivity index (χ3v) is 2.12. The molecule has 1 heteroatoms. The Labute approximate surface area is 50.7 Å². The summed E-state index contributed by atoms with van der Waals surface area (Å²) in [6.45, 7) is 3.56. The van der Waals surface area contributed by atoms with E-state index >= 15 is 0 Å². The van der Waals surface area contributed by atoms with E-state index in [9.17, 15) is 0 Å². The third kappa shape index (κ3) is 1.03. The van der Waals surface area contributed by atoms with Gasteiger partial charge in [0, 0.05) is 0 Å². The first-order valence-corrected chi connectivity index (χ1v) is 3.32. The molecular formula is C7H13O. The Morgan fingerprint density at radius 3 is 2.50 bits per heavy atom. The van der Waals surface area contributed by atoms with Crippen molar-refractivity contribution in [2.45, 2.75) is 26.2 Å². The Morgan fingerprint density at radius 1 is 1.50 bits per heavy atom. The number of aliphatic hydroxyl groups is 1. The van der Waals surface area contributed by atoms with E-state index in [-0.39, 0.29) is 0 Å². The van der Waals surface area contributed by atoms with Crippen LogP contribution in [0.15, 0.2) is 0 Å². The molecule has 1 nitrogen and oxygen atoms in total. The lowest BCUT2D eigenvalue weighted by atomic mass is 10.00. The number of hydrogen-bond acceptors (Lipinski definition) is 1. The minimum Gasteiger partial charge on any atom is -0.390 e. The average Bonchev–Trinajstić information content (AvgIpc) is 2.14. The van der Waals surface area contributed by atoms with Crippen LogP contribution in [-0.2, 0) is 0 Å². The second kappa shape index (κ2) is 2.49. The van der Waals surface area contributed by atoms with E-state index in [2.05, 4.69) is 6.92 Å². The summed E-state index contributed by atoms with van der Waals surface area (Å²) in [5.41, 5.74) is 0. The third-order valence-electron chi connectivity index (χ3n) is 2.12. The highest BCUT2D eigenvalue weighted by Gasteiger charge is 2.22. The van der Waals surface area contributed by atoms with Crippen LogP contribution in [0.2, 0.25) is 0 Å². The van der Waals surface area contributed by atoms with Crippen LogP contribution in [0.25, 0.3) is 0 Å². The van der Waals surface area contributed by atoms with Crippen molar-refractivity contribution in [3.63, 3.8) is 0 Å². The average molecular weight is 113 g/mol. The van der Waals surface area contributed by atoms with Crippen LogP contribution in [0.5, 0.6) is 0 Å². The predicted molar refractivity (Wildman–Crippen MR) is 32.7 cm³/mol. The van der Waals surface area contributed by atoms with Crippen molar-refractivity contribution in [2.24, 2.45) is 11.8 Å². The Morgan fingerprint density at radius 2 is 2.25 bits per heavy atom. The molecule has 1 saturated carbocycles. The maximum Gasteiger partial charge on any atom is 0.0832 e. The fourth-order valence-electron chi connectivity index (χ4n) is 1.40. The van der Waals surface area contributed by atoms with E-state index in [4.69, 9.17) is 5.11 Å². The predicted octanol–water partition coefficient (Wildman–Crippen LogP) is 1.96. The number of hydrogen-bond donors (Lipinski definition) is 1. The summed E-state index contributed by atoms with van der Waals surface area (Å²) in [5.74, 6) is 1.22. The maximum absolute atomic E-state index is 8.61. The number of aliphatic hydroxyl groups excluding tert-OH is 1. The van der Waals surface area contributed by atoms with Gasteiger partial charge >= 0.3 is 0 Å². The normalized spacial score (nSPS) is 38.2. The molecule has 0 saturated heterocycles. The molecule has 0 heterocycles. The Hall–Kier alpha value is -0.0400. The first-order valence-electron chi connectivity index (χ1n) is 3.32. The van der Waals surface area contributed by atoms with Gasteiger partial charge in [-0.15, -0.1) is 0 Å². The highest BCUT2D eigenvalue weighted by Crippen LogP contribution is 2.31. The van der Waals surface area contributed by atoms with Gasteiger partial charge in [0.15, 0.2) is 0 Å². The Balaban J connectivity index is 2.30. The summed E-state index contributed by atoms with van der Waals surface area (Å²) in [6.07, 6.45) is 3.78. The Bertz CT molecular complexity index is 70.8. The van der Waals surface area contributed by atoms with Crippen LogP contribution < -0.4 is 0 Å². The fraction of sp³-hybridized carbons (Fsp3) is 0.857. The standard InChI is InChI=1S/C7H13O/c1-6-3-2-4-7(6)5-8/h5-8H,2-4H2,1H3. The summed E-state index contributed by atoms with van der Waals surface area (Å²) in [4.78, 5) is 0. The van der Waals surface area contributed by atoms with Gasteiger partial charge in [-0.2, -0.15) is 0 Å². The van der Waals surface area contributed by atoms with Gasteiger partial charge in [0.1, 0.15) is 0 Å². The molecular weight excluding hydrogens is 100 g/mol. The summed E-state index contributed by atoms with van der Waals surface area (Å²) < 4.78 is 0. The number of rotatable bonds is 1. The summed E-state index contributed by atoms with van der Waals surface area (Å²) in [7, 11) is 0. The molecule has 1 N–H and O–H groups in total. The molecule has 0 amide bonds. The second-order valence-corrected chi connectivity index (χ2v) is 2.72. The largest absolute Gasteiger partial charge is 0.390 e. The fourth-order valence-corrected chi connectivity index (χ4v) is 1.40. The van der Waals surface area contributed by atoms with Crippen molar-refractivity contribution in [1.82, 2.24) is 0 Å². The lowest BCUT2D eigenvalue weighted by Crippen LogP contribution is -2.02. The summed E-state index contributed by atoms with van der Waals surface area (Å²) >= 11 is 0. The molecule has 0 aromatic carbocycles. The molecule has 0 spiro atoms. The van der Waals surface area contributed by atoms with Gasteiger partial charge in [-0.05, 0) is 18.3 Å². The van der Waals surface area contributed by atoms with Crippen molar-refractivity contribution in [2.75, 3.05) is 0 Å². The van der Waals surface area contributed by atoms with Crippen LogP contribution in [0.1, 0.15) is 26.2 Å². The van der Waals surface area contributed by atoms with Crippen LogP contribution >= 0.6 is 0 Å². The molecule has 8 heavy (non-hydrogen) atoms. The minimum absolute atomic E-state index is 0.495. The smallest absolute Gasteiger partial charge is 0.0832 e. The summed E-state index contributed by atoms with van der Waals surface area (Å²) in [6, 6.07) is 0. The van der Waals surface area contributed by atoms with E-state index in [1.165, 1.54) is 25.9 Å². The van der Waals surface area contributed by atoms with Gasteiger partial charge in [0.2, 0.25) is 0 Å². The van der Waals surface area contributed by atoms with Crippen LogP contribution in [-0.4, -0.2) is 5.11 Å². The van der Waals surface area contributed by atoms with Crippen molar-refractivity contribution in [1.29, 1.82) is 0 Å². The second-order valence-electron chi connectivity index (χ2n) is 2.72. The molecule has 1 fully saturated rings. The van der Waals surface area contributed by atoms with Crippen molar-refractivity contribution >= 4 is 0 Å². The zero-order chi connectivity index (χ0) is 5.98. The minimum atomic E-state index is 0.495. The lowest BCUT2D eigenvalue weighted by Gasteiger charge is -2.08. The molecule has 0 aromatic heterocycles. The zero-order valence-corrected chi connectivity index (χ0v) is 5.30. The van der Waals surface area contributed by atoms with Crippen molar-refractivity contribution in [3.8, 4) is 0 Å². The Kier molecular flexibility index (Phi) is 1.90. The van der Waals surface area contributed by atoms with E-state index < -0.39 is 0 Å². The van der Waals surface area contributed by atoms with E-state index in [1.54, 1.807) is 0 Å². The molecule has 2 atom stereocenters. The van der Waals surface area contributed by atoms with Gasteiger partial charge in [0.25, 0.3) is 0 Å².